The van der Waals surface area contributed by atoms with Crippen molar-refractivity contribution in [1.29, 1.82) is 0 Å². The average molecular weight is 332 g/mol. The molecule has 0 spiro atoms. The summed E-state index contributed by atoms with van der Waals surface area (Å²) in [7, 11) is 0. The lowest BCUT2D eigenvalue weighted by atomic mass is 10.1. The second-order valence-corrected chi connectivity index (χ2v) is 6.07. The van der Waals surface area contributed by atoms with E-state index in [-0.39, 0.29) is 0 Å². The average Bonchev–Trinajstić information content (AvgIpc) is 2.61. The molecular weight excluding hydrogens is 310 g/mol. The molecule has 3 nitrogen and oxygen atoms in total. The van der Waals surface area contributed by atoms with Gasteiger partial charge < -0.3 is 9.47 Å². The zero-order chi connectivity index (χ0) is 15.9. The van der Waals surface area contributed by atoms with Crippen LogP contribution < -0.4 is 4.74 Å². The van der Waals surface area contributed by atoms with Crippen LogP contribution in [0.4, 0.5) is 0 Å². The van der Waals surface area contributed by atoms with Gasteiger partial charge in [0.05, 0.1) is 24.8 Å². The van der Waals surface area contributed by atoms with Gasteiger partial charge in [-0.1, -0.05) is 48.0 Å². The highest BCUT2D eigenvalue weighted by Crippen LogP contribution is 2.30. The van der Waals surface area contributed by atoms with Gasteiger partial charge in [0.15, 0.2) is 0 Å². The van der Waals surface area contributed by atoms with E-state index in [1.54, 1.807) is 0 Å². The Bertz CT molecular complexity index is 612. The van der Waals surface area contributed by atoms with Gasteiger partial charge in [0.25, 0.3) is 0 Å². The van der Waals surface area contributed by atoms with E-state index in [4.69, 9.17) is 21.1 Å². The highest BCUT2D eigenvalue weighted by atomic mass is 35.5. The van der Waals surface area contributed by atoms with E-state index in [0.717, 1.165) is 56.1 Å². The third kappa shape index (κ3) is 4.71. The minimum Gasteiger partial charge on any atom is -0.492 e. The van der Waals surface area contributed by atoms with Crippen molar-refractivity contribution in [1.82, 2.24) is 4.90 Å². The highest BCUT2D eigenvalue weighted by molar-refractivity contribution is 6.32. The number of halogens is 1. The molecule has 0 radical (unpaired) electrons. The molecule has 1 heterocycles. The Morgan fingerprint density at radius 1 is 1.00 bits per heavy atom. The molecule has 1 aliphatic heterocycles. The first-order valence-corrected chi connectivity index (χ1v) is 8.48. The molecule has 23 heavy (non-hydrogen) atoms. The molecular formula is C19H22ClNO2. The third-order valence-electron chi connectivity index (χ3n) is 4.02. The lowest BCUT2D eigenvalue weighted by Gasteiger charge is -2.26. The molecule has 2 aromatic carbocycles. The Morgan fingerprint density at radius 2 is 1.78 bits per heavy atom. The Labute approximate surface area is 142 Å². The van der Waals surface area contributed by atoms with E-state index < -0.39 is 0 Å². The predicted molar refractivity (Wildman–Crippen MR) is 94.3 cm³/mol. The first-order valence-electron chi connectivity index (χ1n) is 8.11. The van der Waals surface area contributed by atoms with Crippen LogP contribution >= 0.6 is 11.6 Å². The summed E-state index contributed by atoms with van der Waals surface area (Å²) in [5.41, 5.74) is 2.27. The zero-order valence-corrected chi connectivity index (χ0v) is 14.0. The topological polar surface area (TPSA) is 21.7 Å². The fourth-order valence-corrected chi connectivity index (χ4v) is 2.96. The molecule has 2 aromatic rings. The summed E-state index contributed by atoms with van der Waals surface area (Å²) in [6.07, 6.45) is 0.997. The van der Waals surface area contributed by atoms with Crippen LogP contribution in [0, 0.1) is 0 Å². The number of benzene rings is 2. The van der Waals surface area contributed by atoms with Crippen molar-refractivity contribution < 1.29 is 9.47 Å². The normalized spacial score (nSPS) is 15.5. The van der Waals surface area contributed by atoms with Gasteiger partial charge in [-0.25, -0.2) is 0 Å². The van der Waals surface area contributed by atoms with Crippen molar-refractivity contribution in [2.75, 3.05) is 39.5 Å². The molecule has 0 bridgehead atoms. The van der Waals surface area contributed by atoms with Crippen LogP contribution in [0.1, 0.15) is 6.42 Å². The minimum absolute atomic E-state index is 0.665. The molecule has 122 valence electrons. The number of hydrogen-bond donors (Lipinski definition) is 0. The molecule has 1 fully saturated rings. The van der Waals surface area contributed by atoms with E-state index in [9.17, 15) is 0 Å². The van der Waals surface area contributed by atoms with E-state index in [0.29, 0.717) is 11.6 Å². The van der Waals surface area contributed by atoms with Crippen molar-refractivity contribution in [3.05, 3.63) is 53.6 Å². The van der Waals surface area contributed by atoms with Gasteiger partial charge in [-0.3, -0.25) is 4.90 Å². The van der Waals surface area contributed by atoms with Crippen molar-refractivity contribution in [2.24, 2.45) is 0 Å². The standard InChI is InChI=1S/C19H22ClNO2/c20-18-15-17(16-5-2-1-3-6-16)7-8-19(18)23-12-4-9-21-10-13-22-14-11-21/h1-3,5-8,15H,4,9-14H2. The summed E-state index contributed by atoms with van der Waals surface area (Å²) in [5.74, 6) is 0.758. The number of ether oxygens (including phenoxy) is 2. The largest absolute Gasteiger partial charge is 0.492 e. The Balaban J connectivity index is 1.50. The van der Waals surface area contributed by atoms with Crippen molar-refractivity contribution in [3.8, 4) is 16.9 Å². The van der Waals surface area contributed by atoms with Gasteiger partial charge in [-0.05, 0) is 29.7 Å². The minimum atomic E-state index is 0.665. The number of nitrogens with zero attached hydrogens (tertiary/aromatic N) is 1. The number of rotatable bonds is 6. The molecule has 0 unspecified atom stereocenters. The van der Waals surface area contributed by atoms with Gasteiger partial charge in [0, 0.05) is 19.6 Å². The van der Waals surface area contributed by atoms with Gasteiger partial charge in [0.2, 0.25) is 0 Å². The highest BCUT2D eigenvalue weighted by Gasteiger charge is 2.10. The van der Waals surface area contributed by atoms with Crippen molar-refractivity contribution >= 4 is 11.6 Å². The molecule has 1 saturated heterocycles. The Morgan fingerprint density at radius 3 is 2.52 bits per heavy atom. The fourth-order valence-electron chi connectivity index (χ4n) is 2.72. The Kier molecular flexibility index (Phi) is 5.92. The Hall–Kier alpha value is -1.55. The molecule has 0 aliphatic carbocycles. The zero-order valence-electron chi connectivity index (χ0n) is 13.2. The van der Waals surface area contributed by atoms with Crippen LogP contribution in [-0.4, -0.2) is 44.4 Å². The van der Waals surface area contributed by atoms with Gasteiger partial charge in [-0.15, -0.1) is 0 Å². The second-order valence-electron chi connectivity index (χ2n) is 5.67. The smallest absolute Gasteiger partial charge is 0.137 e. The quantitative estimate of drug-likeness (QED) is 0.744. The van der Waals surface area contributed by atoms with Crippen molar-refractivity contribution in [2.45, 2.75) is 6.42 Å². The lowest BCUT2D eigenvalue weighted by Crippen LogP contribution is -2.37. The molecule has 3 rings (SSSR count). The maximum absolute atomic E-state index is 6.35. The first-order chi connectivity index (χ1) is 11.3. The molecule has 0 saturated carbocycles. The summed E-state index contributed by atoms with van der Waals surface area (Å²) in [6, 6.07) is 16.2. The predicted octanol–water partition coefficient (Wildman–Crippen LogP) is 4.11. The molecule has 0 N–H and O–H groups in total. The van der Waals surface area contributed by atoms with Crippen LogP contribution in [0.25, 0.3) is 11.1 Å². The van der Waals surface area contributed by atoms with E-state index in [2.05, 4.69) is 23.1 Å². The summed E-state index contributed by atoms with van der Waals surface area (Å²) in [4.78, 5) is 2.41. The summed E-state index contributed by atoms with van der Waals surface area (Å²) in [6.45, 7) is 5.45. The third-order valence-corrected chi connectivity index (χ3v) is 4.31. The van der Waals surface area contributed by atoms with Crippen molar-refractivity contribution in [3.63, 3.8) is 0 Å². The maximum Gasteiger partial charge on any atom is 0.137 e. The van der Waals surface area contributed by atoms with E-state index >= 15 is 0 Å². The van der Waals surface area contributed by atoms with Crippen LogP contribution in [0.2, 0.25) is 5.02 Å². The molecule has 0 atom stereocenters. The van der Waals surface area contributed by atoms with Gasteiger partial charge in [0.1, 0.15) is 5.75 Å². The summed E-state index contributed by atoms with van der Waals surface area (Å²) in [5, 5.41) is 0.665. The van der Waals surface area contributed by atoms with Gasteiger partial charge in [-0.2, -0.15) is 0 Å². The monoisotopic (exact) mass is 331 g/mol. The van der Waals surface area contributed by atoms with E-state index in [1.165, 1.54) is 0 Å². The number of hydrogen-bond acceptors (Lipinski definition) is 3. The molecule has 1 aliphatic rings. The van der Waals surface area contributed by atoms with Crippen LogP contribution in [0.15, 0.2) is 48.5 Å². The SMILES string of the molecule is Clc1cc(-c2ccccc2)ccc1OCCCN1CCOCC1. The lowest BCUT2D eigenvalue weighted by molar-refractivity contribution is 0.0358. The van der Waals surface area contributed by atoms with Crippen LogP contribution in [-0.2, 0) is 4.74 Å². The van der Waals surface area contributed by atoms with E-state index in [1.807, 2.05) is 30.3 Å². The molecule has 4 heteroatoms. The fraction of sp³-hybridized carbons (Fsp3) is 0.368. The van der Waals surface area contributed by atoms with Crippen LogP contribution in [0.3, 0.4) is 0 Å². The summed E-state index contributed by atoms with van der Waals surface area (Å²) >= 11 is 6.35. The second kappa shape index (κ2) is 8.34. The first kappa shape index (κ1) is 16.3. The number of morpholine rings is 1. The summed E-state index contributed by atoms with van der Waals surface area (Å²) < 4.78 is 11.2. The molecule has 0 amide bonds. The van der Waals surface area contributed by atoms with Gasteiger partial charge >= 0.3 is 0 Å². The molecule has 0 aromatic heterocycles. The maximum atomic E-state index is 6.35. The van der Waals surface area contributed by atoms with Crippen LogP contribution in [0.5, 0.6) is 5.75 Å².